The van der Waals surface area contributed by atoms with E-state index in [0.717, 1.165) is 17.7 Å². The summed E-state index contributed by atoms with van der Waals surface area (Å²) in [5, 5.41) is 3.16. The van der Waals surface area contributed by atoms with Gasteiger partial charge in [-0.25, -0.2) is 8.42 Å². The molecule has 1 aromatic rings. The zero-order valence-corrected chi connectivity index (χ0v) is 12.5. The minimum absolute atomic E-state index is 0.148. The van der Waals surface area contributed by atoms with Crippen LogP contribution in [-0.4, -0.2) is 32.6 Å². The average Bonchev–Trinajstić information content (AvgIpc) is 2.57. The van der Waals surface area contributed by atoms with Crippen molar-refractivity contribution in [2.24, 2.45) is 0 Å². The molecule has 1 aromatic carbocycles. The van der Waals surface area contributed by atoms with Crippen molar-refractivity contribution in [1.29, 1.82) is 0 Å². The normalized spacial score (nSPS) is 17.0. The molecule has 19 heavy (non-hydrogen) atoms. The summed E-state index contributed by atoms with van der Waals surface area (Å²) in [5.74, 6) is 1.12. The summed E-state index contributed by atoms with van der Waals surface area (Å²) < 4.78 is 28.1. The highest BCUT2D eigenvalue weighted by molar-refractivity contribution is 7.90. The van der Waals surface area contributed by atoms with Crippen LogP contribution in [0.4, 0.5) is 0 Å². The Kier molecular flexibility index (Phi) is 3.87. The Bertz CT molecular complexity index is 564. The second-order valence-corrected chi connectivity index (χ2v) is 8.01. The summed E-state index contributed by atoms with van der Waals surface area (Å²) in [6.45, 7) is 5.25. The van der Waals surface area contributed by atoms with Crippen LogP contribution in [0.3, 0.4) is 0 Å². The van der Waals surface area contributed by atoms with Gasteiger partial charge in [0.1, 0.15) is 21.2 Å². The second-order valence-electron chi connectivity index (χ2n) is 5.75. The fourth-order valence-corrected chi connectivity index (χ4v) is 2.81. The van der Waals surface area contributed by atoms with Crippen LogP contribution in [0.15, 0.2) is 18.2 Å². The van der Waals surface area contributed by atoms with Crippen LogP contribution in [0.1, 0.15) is 25.0 Å². The highest BCUT2D eigenvalue weighted by Gasteiger charge is 2.31. The van der Waals surface area contributed by atoms with Crippen molar-refractivity contribution < 1.29 is 13.2 Å². The van der Waals surface area contributed by atoms with Gasteiger partial charge in [0.2, 0.25) is 0 Å². The van der Waals surface area contributed by atoms with Crippen LogP contribution in [-0.2, 0) is 22.8 Å². The molecule has 0 radical (unpaired) electrons. The zero-order valence-electron chi connectivity index (χ0n) is 11.7. The minimum Gasteiger partial charge on any atom is -0.487 e. The molecule has 1 aliphatic rings. The second kappa shape index (κ2) is 5.13. The van der Waals surface area contributed by atoms with Gasteiger partial charge in [-0.15, -0.1) is 0 Å². The maximum atomic E-state index is 11.1. The predicted molar refractivity (Wildman–Crippen MR) is 76.3 cm³/mol. The van der Waals surface area contributed by atoms with E-state index in [4.69, 9.17) is 4.74 Å². The molecule has 0 atom stereocenters. The maximum absolute atomic E-state index is 11.1. The molecule has 0 spiro atoms. The number of rotatable bonds is 5. The third-order valence-electron chi connectivity index (χ3n) is 3.14. The molecule has 0 amide bonds. The maximum Gasteiger partial charge on any atom is 0.148 e. The molecular weight excluding hydrogens is 262 g/mol. The number of nitrogens with one attached hydrogen (secondary N) is 1. The van der Waals surface area contributed by atoms with E-state index in [1.54, 1.807) is 0 Å². The number of sulfone groups is 1. The summed E-state index contributed by atoms with van der Waals surface area (Å²) in [7, 11) is -2.90. The van der Waals surface area contributed by atoms with Gasteiger partial charge in [-0.05, 0) is 19.4 Å². The standard InChI is InChI=1S/C14H21NO3S/c1-14(2)9-11-5-4-6-12(13(11)18-14)10-15-7-8-19(3,16)17/h4-6,15H,7-10H2,1-3H3. The van der Waals surface area contributed by atoms with Gasteiger partial charge in [-0.2, -0.15) is 0 Å². The van der Waals surface area contributed by atoms with E-state index >= 15 is 0 Å². The predicted octanol–water partition coefficient (Wildman–Crippen LogP) is 1.53. The van der Waals surface area contributed by atoms with Crippen LogP contribution in [0.25, 0.3) is 0 Å². The SMILES string of the molecule is CC1(C)Cc2cccc(CNCCS(C)(=O)=O)c2O1. The van der Waals surface area contributed by atoms with Gasteiger partial charge in [0.25, 0.3) is 0 Å². The number of ether oxygens (including phenoxy) is 1. The lowest BCUT2D eigenvalue weighted by molar-refractivity contribution is 0.137. The van der Waals surface area contributed by atoms with E-state index in [-0.39, 0.29) is 11.4 Å². The lowest BCUT2D eigenvalue weighted by Gasteiger charge is -2.18. The quantitative estimate of drug-likeness (QED) is 0.833. The van der Waals surface area contributed by atoms with E-state index in [9.17, 15) is 8.42 Å². The van der Waals surface area contributed by atoms with Gasteiger partial charge in [-0.3, -0.25) is 0 Å². The van der Waals surface area contributed by atoms with E-state index in [1.165, 1.54) is 11.8 Å². The Morgan fingerprint density at radius 1 is 1.37 bits per heavy atom. The Morgan fingerprint density at radius 3 is 2.79 bits per heavy atom. The lowest BCUT2D eigenvalue weighted by atomic mass is 10.0. The fraction of sp³-hybridized carbons (Fsp3) is 0.571. The van der Waals surface area contributed by atoms with E-state index in [2.05, 4.69) is 25.2 Å². The highest BCUT2D eigenvalue weighted by atomic mass is 32.2. The third kappa shape index (κ3) is 3.94. The number of fused-ring (bicyclic) bond motifs is 1. The molecule has 0 aliphatic carbocycles. The molecular formula is C14H21NO3S. The molecule has 0 unspecified atom stereocenters. The van der Waals surface area contributed by atoms with E-state index in [0.29, 0.717) is 13.1 Å². The van der Waals surface area contributed by atoms with Crippen LogP contribution in [0, 0.1) is 0 Å². The van der Waals surface area contributed by atoms with Gasteiger partial charge in [0, 0.05) is 31.3 Å². The minimum atomic E-state index is -2.90. The first-order valence-electron chi connectivity index (χ1n) is 6.45. The van der Waals surface area contributed by atoms with Crippen LogP contribution >= 0.6 is 0 Å². The van der Waals surface area contributed by atoms with Gasteiger partial charge >= 0.3 is 0 Å². The lowest BCUT2D eigenvalue weighted by Crippen LogP contribution is -2.25. The molecule has 5 heteroatoms. The zero-order chi connectivity index (χ0) is 14.1. The summed E-state index contributed by atoms with van der Waals surface area (Å²) in [6.07, 6.45) is 2.17. The van der Waals surface area contributed by atoms with Crippen molar-refractivity contribution in [1.82, 2.24) is 5.32 Å². The monoisotopic (exact) mass is 283 g/mol. The molecule has 1 heterocycles. The van der Waals surface area contributed by atoms with Crippen LogP contribution in [0.2, 0.25) is 0 Å². The van der Waals surface area contributed by atoms with E-state index in [1.807, 2.05) is 12.1 Å². The van der Waals surface area contributed by atoms with Crippen molar-refractivity contribution >= 4 is 9.84 Å². The van der Waals surface area contributed by atoms with Crippen molar-refractivity contribution in [2.75, 3.05) is 18.6 Å². The van der Waals surface area contributed by atoms with Gasteiger partial charge in [0.05, 0.1) is 5.75 Å². The van der Waals surface area contributed by atoms with Gasteiger partial charge < -0.3 is 10.1 Å². The summed E-state index contributed by atoms with van der Waals surface area (Å²) in [4.78, 5) is 0. The van der Waals surface area contributed by atoms with Gasteiger partial charge in [0.15, 0.2) is 0 Å². The molecule has 0 saturated carbocycles. The molecule has 4 nitrogen and oxygen atoms in total. The molecule has 1 aliphatic heterocycles. The summed E-state index contributed by atoms with van der Waals surface area (Å²) >= 11 is 0. The topological polar surface area (TPSA) is 55.4 Å². The Balaban J connectivity index is 1.98. The average molecular weight is 283 g/mol. The van der Waals surface area contributed by atoms with Gasteiger partial charge in [-0.1, -0.05) is 18.2 Å². The third-order valence-corrected chi connectivity index (χ3v) is 4.08. The van der Waals surface area contributed by atoms with Crippen molar-refractivity contribution in [3.8, 4) is 5.75 Å². The Hall–Kier alpha value is -1.07. The molecule has 2 rings (SSSR count). The molecule has 0 saturated heterocycles. The number of para-hydroxylation sites is 1. The smallest absolute Gasteiger partial charge is 0.148 e. The fourth-order valence-electron chi connectivity index (χ4n) is 2.30. The van der Waals surface area contributed by atoms with Crippen LogP contribution in [0.5, 0.6) is 5.75 Å². The molecule has 0 bridgehead atoms. The van der Waals surface area contributed by atoms with E-state index < -0.39 is 9.84 Å². The molecule has 106 valence electrons. The van der Waals surface area contributed by atoms with Crippen LogP contribution < -0.4 is 10.1 Å². The number of hydrogen-bond donors (Lipinski definition) is 1. The Labute approximate surface area is 115 Å². The largest absolute Gasteiger partial charge is 0.487 e. The number of hydrogen-bond acceptors (Lipinski definition) is 4. The Morgan fingerprint density at radius 2 is 2.11 bits per heavy atom. The molecule has 0 fully saturated rings. The number of benzene rings is 1. The highest BCUT2D eigenvalue weighted by Crippen LogP contribution is 2.37. The molecule has 0 aromatic heterocycles. The first-order chi connectivity index (χ1) is 8.77. The van der Waals surface area contributed by atoms with Crippen molar-refractivity contribution in [2.45, 2.75) is 32.4 Å². The van der Waals surface area contributed by atoms with Crippen molar-refractivity contribution in [3.63, 3.8) is 0 Å². The summed E-state index contributed by atoms with van der Waals surface area (Å²) in [5.41, 5.74) is 2.18. The summed E-state index contributed by atoms with van der Waals surface area (Å²) in [6, 6.07) is 6.13. The first-order valence-corrected chi connectivity index (χ1v) is 8.51. The van der Waals surface area contributed by atoms with Crippen molar-refractivity contribution in [3.05, 3.63) is 29.3 Å². The first kappa shape index (κ1) is 14.3. The molecule has 1 N–H and O–H groups in total.